The zero-order valence-corrected chi connectivity index (χ0v) is 21.7. The molecule has 0 aromatic heterocycles. The maximum Gasteiger partial charge on any atom is 0.220 e. The van der Waals surface area contributed by atoms with Crippen molar-refractivity contribution in [3.63, 3.8) is 0 Å². The molecule has 0 saturated carbocycles. The summed E-state index contributed by atoms with van der Waals surface area (Å²) in [4.78, 5) is 11.9. The van der Waals surface area contributed by atoms with Gasteiger partial charge >= 0.3 is 0 Å². The minimum Gasteiger partial charge on any atom is -0.376 e. The van der Waals surface area contributed by atoms with Crippen molar-refractivity contribution in [2.24, 2.45) is 0 Å². The third kappa shape index (κ3) is 17.2. The number of carbonyl (C=O) groups excluding carboxylic acids is 1. The lowest BCUT2D eigenvalue weighted by Gasteiger charge is -2.18. The van der Waals surface area contributed by atoms with E-state index in [1.54, 1.807) is 0 Å². The second kappa shape index (κ2) is 21.9. The monoisotopic (exact) mass is 477 g/mol. The van der Waals surface area contributed by atoms with Crippen LogP contribution in [-0.2, 0) is 19.0 Å². The Morgan fingerprint density at radius 2 is 1.45 bits per heavy atom. The summed E-state index contributed by atoms with van der Waals surface area (Å²) in [6.07, 6.45) is 15.3. The number of nitrogens with one attached hydrogen (secondary N) is 1. The van der Waals surface area contributed by atoms with Crippen molar-refractivity contribution >= 4 is 27.5 Å². The molecule has 1 aliphatic rings. The smallest absolute Gasteiger partial charge is 0.220 e. The molecule has 0 spiro atoms. The van der Waals surface area contributed by atoms with Crippen LogP contribution in [0, 0.1) is 0 Å². The number of carbonyl (C=O) groups is 1. The van der Waals surface area contributed by atoms with Gasteiger partial charge in [0.1, 0.15) is 12.2 Å². The summed E-state index contributed by atoms with van der Waals surface area (Å²) in [6.45, 7) is 7.45. The topological polar surface area (TPSA) is 56.8 Å². The third-order valence-corrected chi connectivity index (χ3v) is 7.90. The molecule has 1 fully saturated rings. The first kappa shape index (κ1) is 29.1. The Kier molecular flexibility index (Phi) is 20.5. The highest BCUT2D eigenvalue weighted by Gasteiger charge is 2.29. The van der Waals surface area contributed by atoms with Gasteiger partial charge in [-0.1, -0.05) is 86.3 Å². The summed E-state index contributed by atoms with van der Waals surface area (Å²) >= 11 is 0. The fraction of sp³-hybridized carbons (Fsp3) is 0.958. The molecule has 2 unspecified atom stereocenters. The van der Waals surface area contributed by atoms with Crippen molar-refractivity contribution in [3.8, 4) is 0 Å². The van der Waals surface area contributed by atoms with Gasteiger partial charge in [0.25, 0.3) is 0 Å². The van der Waals surface area contributed by atoms with Crippen LogP contribution in [0.1, 0.15) is 90.9 Å². The lowest BCUT2D eigenvalue weighted by molar-refractivity contribution is -0.120. The molecule has 1 rings (SSSR count). The number of hydrogen-bond acceptors (Lipinski definition) is 6. The highest BCUT2D eigenvalue weighted by molar-refractivity contribution is 8.76. The third-order valence-electron chi connectivity index (χ3n) is 5.41. The van der Waals surface area contributed by atoms with Gasteiger partial charge in [0.2, 0.25) is 5.91 Å². The first-order valence-electron chi connectivity index (χ1n) is 12.6. The number of ether oxygens (including phenoxy) is 3. The Bertz CT molecular complexity index is 415. The Morgan fingerprint density at radius 3 is 2.13 bits per heavy atom. The van der Waals surface area contributed by atoms with Gasteiger partial charge in [0.15, 0.2) is 0 Å². The zero-order chi connectivity index (χ0) is 22.4. The molecule has 1 amide bonds. The Balaban J connectivity index is 1.78. The lowest BCUT2D eigenvalue weighted by Crippen LogP contribution is -2.31. The Hall–Kier alpha value is 0.0500. The van der Waals surface area contributed by atoms with Crippen LogP contribution in [0.5, 0.6) is 0 Å². The van der Waals surface area contributed by atoms with Gasteiger partial charge < -0.3 is 19.5 Å². The second-order valence-corrected chi connectivity index (χ2v) is 10.9. The summed E-state index contributed by atoms with van der Waals surface area (Å²) in [7, 11) is 3.75. The molecular formula is C24H47NO4S2. The average Bonchev–Trinajstić information content (AvgIpc) is 3.21. The van der Waals surface area contributed by atoms with E-state index in [2.05, 4.69) is 12.2 Å². The molecule has 0 radical (unpaired) electrons. The minimum atomic E-state index is 0.0274. The van der Waals surface area contributed by atoms with Gasteiger partial charge in [0.05, 0.1) is 13.2 Å². The average molecular weight is 478 g/mol. The summed E-state index contributed by atoms with van der Waals surface area (Å²) in [5, 5.41) is 2.99. The lowest BCUT2D eigenvalue weighted by atomic mass is 10.1. The van der Waals surface area contributed by atoms with Crippen molar-refractivity contribution < 1.29 is 19.0 Å². The summed E-state index contributed by atoms with van der Waals surface area (Å²) in [5.74, 6) is 2.23. The SMILES string of the molecule is CCCCCCCCCCCCSSCCC(=O)NCCCOC1COCC1OCC. The van der Waals surface area contributed by atoms with E-state index in [4.69, 9.17) is 14.2 Å². The van der Waals surface area contributed by atoms with E-state index in [9.17, 15) is 4.79 Å². The van der Waals surface area contributed by atoms with Crippen molar-refractivity contribution in [1.29, 1.82) is 0 Å². The van der Waals surface area contributed by atoms with E-state index in [1.165, 1.54) is 70.0 Å². The molecule has 0 aromatic carbocycles. The predicted octanol–water partition coefficient (Wildman–Crippen LogP) is 6.01. The van der Waals surface area contributed by atoms with E-state index in [1.807, 2.05) is 28.5 Å². The summed E-state index contributed by atoms with van der Waals surface area (Å²) < 4.78 is 16.8. The van der Waals surface area contributed by atoms with Crippen molar-refractivity contribution in [2.75, 3.05) is 44.5 Å². The number of rotatable bonds is 22. The second-order valence-electron chi connectivity index (χ2n) is 8.22. The molecule has 2 atom stereocenters. The molecule has 1 N–H and O–H groups in total. The van der Waals surface area contributed by atoms with Gasteiger partial charge in [0, 0.05) is 37.7 Å². The van der Waals surface area contributed by atoms with E-state index in [0.29, 0.717) is 39.4 Å². The van der Waals surface area contributed by atoms with Gasteiger partial charge in [-0.05, 0) is 19.8 Å². The molecule has 31 heavy (non-hydrogen) atoms. The maximum absolute atomic E-state index is 11.9. The molecule has 1 heterocycles. The zero-order valence-electron chi connectivity index (χ0n) is 20.0. The quantitative estimate of drug-likeness (QED) is 0.152. The van der Waals surface area contributed by atoms with Crippen LogP contribution >= 0.6 is 21.6 Å². The van der Waals surface area contributed by atoms with E-state index in [-0.39, 0.29) is 18.1 Å². The molecule has 0 bridgehead atoms. The number of hydrogen-bond donors (Lipinski definition) is 1. The van der Waals surface area contributed by atoms with Crippen molar-refractivity contribution in [2.45, 2.75) is 103 Å². The van der Waals surface area contributed by atoms with Crippen LogP contribution in [0.4, 0.5) is 0 Å². The highest BCUT2D eigenvalue weighted by atomic mass is 33.1. The molecular weight excluding hydrogens is 430 g/mol. The Labute approximate surface area is 199 Å². The standard InChI is InChI=1S/C24H47NO4S2/c1-3-5-6-7-8-9-10-11-12-13-18-30-31-19-15-24(26)25-16-14-17-29-23-21-27-20-22(23)28-4-2/h22-23H,3-21H2,1-2H3,(H,25,26). The van der Waals surface area contributed by atoms with Gasteiger partial charge in [-0.3, -0.25) is 4.79 Å². The largest absolute Gasteiger partial charge is 0.376 e. The van der Waals surface area contributed by atoms with E-state index in [0.717, 1.165) is 12.2 Å². The van der Waals surface area contributed by atoms with E-state index < -0.39 is 0 Å². The van der Waals surface area contributed by atoms with Crippen molar-refractivity contribution in [1.82, 2.24) is 5.32 Å². The van der Waals surface area contributed by atoms with Crippen LogP contribution < -0.4 is 5.32 Å². The normalized spacial score (nSPS) is 18.5. The first-order valence-corrected chi connectivity index (χ1v) is 15.1. The van der Waals surface area contributed by atoms with Crippen LogP contribution in [-0.4, -0.2) is 62.6 Å². The molecule has 0 aromatic rings. The van der Waals surface area contributed by atoms with Gasteiger partial charge in [-0.15, -0.1) is 0 Å². The molecule has 5 nitrogen and oxygen atoms in total. The summed E-state index contributed by atoms with van der Waals surface area (Å²) in [6, 6.07) is 0. The molecule has 0 aliphatic carbocycles. The number of unbranched alkanes of at least 4 members (excludes halogenated alkanes) is 9. The van der Waals surface area contributed by atoms with Crippen LogP contribution in [0.2, 0.25) is 0 Å². The molecule has 7 heteroatoms. The summed E-state index contributed by atoms with van der Waals surface area (Å²) in [5.41, 5.74) is 0. The molecule has 1 aliphatic heterocycles. The fourth-order valence-corrected chi connectivity index (χ4v) is 5.70. The van der Waals surface area contributed by atoms with Crippen LogP contribution in [0.25, 0.3) is 0 Å². The first-order chi connectivity index (χ1) is 15.3. The minimum absolute atomic E-state index is 0.0274. The molecule has 184 valence electrons. The van der Waals surface area contributed by atoms with Gasteiger partial charge in [-0.25, -0.2) is 0 Å². The molecule has 1 saturated heterocycles. The maximum atomic E-state index is 11.9. The van der Waals surface area contributed by atoms with Crippen LogP contribution in [0.15, 0.2) is 0 Å². The van der Waals surface area contributed by atoms with Crippen molar-refractivity contribution in [3.05, 3.63) is 0 Å². The number of amides is 1. The highest BCUT2D eigenvalue weighted by Crippen LogP contribution is 2.23. The van der Waals surface area contributed by atoms with Crippen LogP contribution in [0.3, 0.4) is 0 Å². The predicted molar refractivity (Wildman–Crippen MR) is 135 cm³/mol. The fourth-order valence-electron chi connectivity index (χ4n) is 3.56. The van der Waals surface area contributed by atoms with Gasteiger partial charge in [-0.2, -0.15) is 0 Å². The van der Waals surface area contributed by atoms with E-state index >= 15 is 0 Å². The Morgan fingerprint density at radius 1 is 0.839 bits per heavy atom.